The van der Waals surface area contributed by atoms with Crippen LogP contribution in [0.2, 0.25) is 0 Å². The van der Waals surface area contributed by atoms with E-state index in [1.165, 1.54) is 154 Å². The highest BCUT2D eigenvalue weighted by Gasteiger charge is 2.19. The van der Waals surface area contributed by atoms with Crippen LogP contribution >= 0.6 is 0 Å². The van der Waals surface area contributed by atoms with Crippen molar-refractivity contribution in [2.24, 2.45) is 11.8 Å². The van der Waals surface area contributed by atoms with Crippen molar-refractivity contribution in [2.75, 3.05) is 13.2 Å². The van der Waals surface area contributed by atoms with Crippen LogP contribution in [0.25, 0.3) is 0 Å². The van der Waals surface area contributed by atoms with Crippen LogP contribution in [-0.4, -0.2) is 37.2 Å². The van der Waals surface area contributed by atoms with E-state index in [2.05, 4.69) is 34.6 Å². The van der Waals surface area contributed by atoms with E-state index in [4.69, 9.17) is 14.2 Å². The summed E-state index contributed by atoms with van der Waals surface area (Å²) in [7, 11) is 0. The summed E-state index contributed by atoms with van der Waals surface area (Å²) >= 11 is 0. The summed E-state index contributed by atoms with van der Waals surface area (Å²) in [5.41, 5.74) is 0. The first-order chi connectivity index (χ1) is 26.8. The molecule has 0 radical (unpaired) electrons. The van der Waals surface area contributed by atoms with Crippen molar-refractivity contribution in [2.45, 2.75) is 272 Å². The fraction of sp³-hybridized carbons (Fsp3) is 0.939. The molecule has 55 heavy (non-hydrogen) atoms. The Bertz CT molecular complexity index is 841. The third-order valence-electron chi connectivity index (χ3n) is 11.3. The first-order valence-corrected chi connectivity index (χ1v) is 24.3. The third kappa shape index (κ3) is 41.9. The zero-order valence-electron chi connectivity index (χ0n) is 37.6. The maximum Gasteiger partial charge on any atom is 0.306 e. The Morgan fingerprint density at radius 3 is 1.04 bits per heavy atom. The molecule has 0 fully saturated rings. The van der Waals surface area contributed by atoms with Crippen LogP contribution in [0.5, 0.6) is 0 Å². The lowest BCUT2D eigenvalue weighted by atomic mass is 10.00. The molecule has 1 unspecified atom stereocenters. The monoisotopic (exact) mass is 779 g/mol. The molecule has 6 heteroatoms. The molecule has 0 heterocycles. The molecule has 0 aromatic carbocycles. The molecule has 0 aromatic rings. The number of unbranched alkanes of at least 4 members (excludes halogenated alkanes) is 27. The molecular weight excluding hydrogens is 685 g/mol. The van der Waals surface area contributed by atoms with Crippen LogP contribution in [0, 0.1) is 11.8 Å². The van der Waals surface area contributed by atoms with Crippen LogP contribution in [0.1, 0.15) is 266 Å². The minimum Gasteiger partial charge on any atom is -0.462 e. The first-order valence-electron chi connectivity index (χ1n) is 24.3. The van der Waals surface area contributed by atoms with Gasteiger partial charge in [0.1, 0.15) is 13.2 Å². The molecule has 0 aliphatic carbocycles. The summed E-state index contributed by atoms with van der Waals surface area (Å²) in [5, 5.41) is 0. The molecule has 2 atom stereocenters. The lowest BCUT2D eigenvalue weighted by molar-refractivity contribution is -0.167. The van der Waals surface area contributed by atoms with Gasteiger partial charge in [-0.1, -0.05) is 227 Å². The van der Waals surface area contributed by atoms with Gasteiger partial charge in [0.2, 0.25) is 0 Å². The van der Waals surface area contributed by atoms with Gasteiger partial charge in [0, 0.05) is 19.3 Å². The Hall–Kier alpha value is -1.59. The zero-order chi connectivity index (χ0) is 40.5. The standard InChI is InChI=1S/C49H94O6/c1-6-8-9-10-11-12-13-14-15-16-17-18-19-23-29-34-39-47(50)53-42-46(43-54-48(51)40-35-30-26-25-28-33-38-45(5)7-2)55-49(52)41-36-31-24-21-20-22-27-32-37-44(3)4/h44-46H,6-43H2,1-5H3/t45?,46-/m1/s1. The van der Waals surface area contributed by atoms with Gasteiger partial charge >= 0.3 is 17.9 Å². The molecule has 0 aliphatic heterocycles. The number of rotatable bonds is 43. The van der Waals surface area contributed by atoms with E-state index in [9.17, 15) is 14.4 Å². The van der Waals surface area contributed by atoms with Crippen LogP contribution in [0.4, 0.5) is 0 Å². The quantitative estimate of drug-likeness (QED) is 0.0348. The van der Waals surface area contributed by atoms with Gasteiger partial charge in [-0.05, 0) is 31.1 Å². The molecule has 0 saturated carbocycles. The molecule has 0 N–H and O–H groups in total. The highest BCUT2D eigenvalue weighted by Crippen LogP contribution is 2.17. The summed E-state index contributed by atoms with van der Waals surface area (Å²) in [6.45, 7) is 11.3. The van der Waals surface area contributed by atoms with Gasteiger partial charge < -0.3 is 14.2 Å². The summed E-state index contributed by atoms with van der Waals surface area (Å²) in [4.78, 5) is 37.8. The van der Waals surface area contributed by atoms with Crippen molar-refractivity contribution in [1.82, 2.24) is 0 Å². The number of hydrogen-bond acceptors (Lipinski definition) is 6. The largest absolute Gasteiger partial charge is 0.462 e. The van der Waals surface area contributed by atoms with Gasteiger partial charge in [-0.2, -0.15) is 0 Å². The van der Waals surface area contributed by atoms with Gasteiger partial charge in [0.25, 0.3) is 0 Å². The fourth-order valence-electron chi connectivity index (χ4n) is 7.25. The second-order valence-corrected chi connectivity index (χ2v) is 17.5. The molecule has 0 amide bonds. The maximum atomic E-state index is 12.7. The van der Waals surface area contributed by atoms with Gasteiger partial charge in [0.15, 0.2) is 6.10 Å². The molecule has 0 saturated heterocycles. The predicted octanol–water partition coefficient (Wildman–Crippen LogP) is 15.4. The van der Waals surface area contributed by atoms with E-state index in [0.717, 1.165) is 69.6 Å². The minimum absolute atomic E-state index is 0.0653. The second kappa shape index (κ2) is 42.0. The van der Waals surface area contributed by atoms with Crippen LogP contribution in [-0.2, 0) is 28.6 Å². The summed E-state index contributed by atoms with van der Waals surface area (Å²) in [5.74, 6) is 0.749. The average Bonchev–Trinajstić information content (AvgIpc) is 3.17. The zero-order valence-corrected chi connectivity index (χ0v) is 37.6. The number of ether oxygens (including phenoxy) is 3. The Balaban J connectivity index is 4.29. The second-order valence-electron chi connectivity index (χ2n) is 17.5. The van der Waals surface area contributed by atoms with Crippen molar-refractivity contribution in [1.29, 1.82) is 0 Å². The van der Waals surface area contributed by atoms with Crippen molar-refractivity contribution in [3.8, 4) is 0 Å². The molecular formula is C49H94O6. The van der Waals surface area contributed by atoms with Gasteiger partial charge in [-0.15, -0.1) is 0 Å². The van der Waals surface area contributed by atoms with E-state index in [-0.39, 0.29) is 31.1 Å². The SMILES string of the molecule is CCCCCCCCCCCCCCCCCCC(=O)OC[C@H](COC(=O)CCCCCCCCC(C)CC)OC(=O)CCCCCCCCCCC(C)C. The van der Waals surface area contributed by atoms with Crippen molar-refractivity contribution >= 4 is 17.9 Å². The summed E-state index contributed by atoms with van der Waals surface area (Å²) in [6.07, 6.45) is 40.9. The van der Waals surface area contributed by atoms with Gasteiger partial charge in [-0.25, -0.2) is 0 Å². The molecule has 0 aromatic heterocycles. The Kier molecular flexibility index (Phi) is 40.8. The molecule has 326 valence electrons. The van der Waals surface area contributed by atoms with Crippen LogP contribution < -0.4 is 0 Å². The topological polar surface area (TPSA) is 78.9 Å². The van der Waals surface area contributed by atoms with Crippen LogP contribution in [0.3, 0.4) is 0 Å². The number of carbonyl (C=O) groups is 3. The summed E-state index contributed by atoms with van der Waals surface area (Å²) in [6, 6.07) is 0. The lowest BCUT2D eigenvalue weighted by Crippen LogP contribution is -2.30. The lowest BCUT2D eigenvalue weighted by Gasteiger charge is -2.18. The van der Waals surface area contributed by atoms with E-state index in [1.807, 2.05) is 0 Å². The normalized spacial score (nSPS) is 12.5. The summed E-state index contributed by atoms with van der Waals surface area (Å²) < 4.78 is 16.7. The van der Waals surface area contributed by atoms with Crippen molar-refractivity contribution in [3.63, 3.8) is 0 Å². The van der Waals surface area contributed by atoms with E-state index < -0.39 is 6.10 Å². The van der Waals surface area contributed by atoms with Gasteiger partial charge in [-0.3, -0.25) is 14.4 Å². The highest BCUT2D eigenvalue weighted by atomic mass is 16.6. The number of carbonyl (C=O) groups excluding carboxylic acids is 3. The maximum absolute atomic E-state index is 12.7. The Morgan fingerprint density at radius 1 is 0.382 bits per heavy atom. The molecule has 0 spiro atoms. The van der Waals surface area contributed by atoms with E-state index in [0.29, 0.717) is 19.3 Å². The van der Waals surface area contributed by atoms with Crippen molar-refractivity contribution in [3.05, 3.63) is 0 Å². The molecule has 0 bridgehead atoms. The van der Waals surface area contributed by atoms with Crippen molar-refractivity contribution < 1.29 is 28.6 Å². The first kappa shape index (κ1) is 53.4. The minimum atomic E-state index is -0.762. The Labute approximate surface area is 342 Å². The molecule has 0 aliphatic rings. The Morgan fingerprint density at radius 2 is 0.691 bits per heavy atom. The van der Waals surface area contributed by atoms with E-state index in [1.54, 1.807) is 0 Å². The molecule has 6 nitrogen and oxygen atoms in total. The average molecular weight is 779 g/mol. The third-order valence-corrected chi connectivity index (χ3v) is 11.3. The number of hydrogen-bond donors (Lipinski definition) is 0. The van der Waals surface area contributed by atoms with Crippen LogP contribution in [0.15, 0.2) is 0 Å². The van der Waals surface area contributed by atoms with E-state index >= 15 is 0 Å². The van der Waals surface area contributed by atoms with Gasteiger partial charge in [0.05, 0.1) is 0 Å². The number of esters is 3. The fourth-order valence-corrected chi connectivity index (χ4v) is 7.25. The smallest absolute Gasteiger partial charge is 0.306 e. The predicted molar refractivity (Wildman–Crippen MR) is 233 cm³/mol. The highest BCUT2D eigenvalue weighted by molar-refractivity contribution is 5.71. The molecule has 0 rings (SSSR count).